The van der Waals surface area contributed by atoms with Crippen molar-refractivity contribution in [1.82, 2.24) is 0 Å². The van der Waals surface area contributed by atoms with Crippen molar-refractivity contribution in [3.8, 4) is 11.5 Å². The van der Waals surface area contributed by atoms with Gasteiger partial charge in [-0.05, 0) is 42.8 Å². The average molecular weight is 274 g/mol. The number of ether oxygens (including phenoxy) is 1. The SMILES string of the molecule is COc1ccc(C=CC(=O)c2ccc(C)s2)cc1O. The maximum atomic E-state index is 11.9. The number of rotatable bonds is 4. The third-order valence-electron chi connectivity index (χ3n) is 2.61. The van der Waals surface area contributed by atoms with E-state index in [1.54, 1.807) is 24.3 Å². The van der Waals surface area contributed by atoms with E-state index in [0.717, 1.165) is 10.4 Å². The third kappa shape index (κ3) is 3.23. The highest BCUT2D eigenvalue weighted by Gasteiger charge is 2.05. The molecule has 4 heteroatoms. The molecule has 0 aliphatic carbocycles. The molecule has 0 aliphatic rings. The smallest absolute Gasteiger partial charge is 0.195 e. The molecule has 0 bridgehead atoms. The van der Waals surface area contributed by atoms with Gasteiger partial charge in [0.25, 0.3) is 0 Å². The molecular weight excluding hydrogens is 260 g/mol. The molecule has 1 aromatic heterocycles. The first-order chi connectivity index (χ1) is 9.10. The maximum Gasteiger partial charge on any atom is 0.195 e. The number of carbonyl (C=O) groups is 1. The van der Waals surface area contributed by atoms with Gasteiger partial charge in [0.05, 0.1) is 12.0 Å². The lowest BCUT2D eigenvalue weighted by Gasteiger charge is -2.03. The van der Waals surface area contributed by atoms with Gasteiger partial charge in [0, 0.05) is 4.88 Å². The maximum absolute atomic E-state index is 11.9. The summed E-state index contributed by atoms with van der Waals surface area (Å²) in [6.45, 7) is 1.96. The van der Waals surface area contributed by atoms with Crippen LogP contribution in [0.25, 0.3) is 6.08 Å². The quantitative estimate of drug-likeness (QED) is 0.683. The van der Waals surface area contributed by atoms with Crippen molar-refractivity contribution < 1.29 is 14.6 Å². The summed E-state index contributed by atoms with van der Waals surface area (Å²) in [5.74, 6) is 0.440. The summed E-state index contributed by atoms with van der Waals surface area (Å²) < 4.78 is 4.96. The molecule has 0 saturated carbocycles. The van der Waals surface area contributed by atoms with Crippen LogP contribution in [0.1, 0.15) is 20.1 Å². The van der Waals surface area contributed by atoms with Gasteiger partial charge < -0.3 is 9.84 Å². The number of methoxy groups -OCH3 is 1. The Kier molecular flexibility index (Phi) is 4.02. The van der Waals surface area contributed by atoms with Crippen LogP contribution in [0.3, 0.4) is 0 Å². The van der Waals surface area contributed by atoms with E-state index >= 15 is 0 Å². The fourth-order valence-electron chi connectivity index (χ4n) is 1.63. The Hall–Kier alpha value is -2.07. The Labute approximate surface area is 115 Å². The number of carbonyl (C=O) groups excluding carboxylic acids is 1. The van der Waals surface area contributed by atoms with E-state index in [2.05, 4.69) is 0 Å². The molecule has 98 valence electrons. The molecule has 2 rings (SSSR count). The second-order valence-corrected chi connectivity index (χ2v) is 5.33. The lowest BCUT2D eigenvalue weighted by atomic mass is 10.1. The van der Waals surface area contributed by atoms with E-state index in [4.69, 9.17) is 4.74 Å². The van der Waals surface area contributed by atoms with Crippen LogP contribution in [0.2, 0.25) is 0 Å². The van der Waals surface area contributed by atoms with Gasteiger partial charge in [-0.1, -0.05) is 12.1 Å². The van der Waals surface area contributed by atoms with Gasteiger partial charge in [-0.3, -0.25) is 4.79 Å². The van der Waals surface area contributed by atoms with Crippen molar-refractivity contribution in [2.45, 2.75) is 6.92 Å². The van der Waals surface area contributed by atoms with Gasteiger partial charge in [0.2, 0.25) is 0 Å². The van der Waals surface area contributed by atoms with Gasteiger partial charge in [-0.25, -0.2) is 0 Å². The summed E-state index contributed by atoms with van der Waals surface area (Å²) in [6.07, 6.45) is 3.18. The third-order valence-corrected chi connectivity index (χ3v) is 3.63. The number of hydrogen-bond acceptors (Lipinski definition) is 4. The Bertz CT molecular complexity index is 626. The summed E-state index contributed by atoms with van der Waals surface area (Å²) in [5.41, 5.74) is 0.750. The van der Waals surface area contributed by atoms with Crippen molar-refractivity contribution in [2.75, 3.05) is 7.11 Å². The topological polar surface area (TPSA) is 46.5 Å². The van der Waals surface area contributed by atoms with Crippen molar-refractivity contribution >= 4 is 23.2 Å². The number of ketones is 1. The number of benzene rings is 1. The number of aryl methyl sites for hydroxylation is 1. The fraction of sp³-hybridized carbons (Fsp3) is 0.133. The minimum absolute atomic E-state index is 0.0339. The molecule has 0 unspecified atom stereocenters. The zero-order chi connectivity index (χ0) is 13.8. The molecule has 0 spiro atoms. The molecule has 0 radical (unpaired) electrons. The largest absolute Gasteiger partial charge is 0.504 e. The zero-order valence-corrected chi connectivity index (χ0v) is 11.5. The number of phenolic OH excluding ortho intramolecular Hbond substituents is 1. The van der Waals surface area contributed by atoms with E-state index in [1.165, 1.54) is 24.5 Å². The molecule has 0 fully saturated rings. The van der Waals surface area contributed by atoms with Crippen molar-refractivity contribution in [2.24, 2.45) is 0 Å². The lowest BCUT2D eigenvalue weighted by molar-refractivity contribution is 0.105. The van der Waals surface area contributed by atoms with E-state index in [9.17, 15) is 9.90 Å². The van der Waals surface area contributed by atoms with E-state index in [1.807, 2.05) is 19.1 Å². The average Bonchev–Trinajstić information content (AvgIpc) is 2.83. The van der Waals surface area contributed by atoms with E-state index < -0.39 is 0 Å². The number of hydrogen-bond donors (Lipinski definition) is 1. The van der Waals surface area contributed by atoms with Crippen LogP contribution < -0.4 is 4.74 Å². The number of aromatic hydroxyl groups is 1. The monoisotopic (exact) mass is 274 g/mol. The second-order valence-electron chi connectivity index (χ2n) is 4.04. The molecule has 0 atom stereocenters. The van der Waals surface area contributed by atoms with Gasteiger partial charge in [-0.15, -0.1) is 11.3 Å². The van der Waals surface area contributed by atoms with Crippen molar-refractivity contribution in [3.05, 3.63) is 51.7 Å². The van der Waals surface area contributed by atoms with Gasteiger partial charge >= 0.3 is 0 Å². The van der Waals surface area contributed by atoms with E-state index in [0.29, 0.717) is 10.6 Å². The molecule has 1 aromatic carbocycles. The highest BCUT2D eigenvalue weighted by Crippen LogP contribution is 2.26. The van der Waals surface area contributed by atoms with Crippen LogP contribution in [-0.2, 0) is 0 Å². The molecule has 0 amide bonds. The minimum atomic E-state index is -0.0339. The molecular formula is C15H14O3S. The summed E-state index contributed by atoms with van der Waals surface area (Å²) in [5, 5.41) is 9.64. The molecule has 1 N–H and O–H groups in total. The van der Waals surface area contributed by atoms with Crippen LogP contribution in [0.4, 0.5) is 0 Å². The highest BCUT2D eigenvalue weighted by molar-refractivity contribution is 7.14. The Morgan fingerprint density at radius 2 is 2.11 bits per heavy atom. The summed E-state index contributed by atoms with van der Waals surface area (Å²) >= 11 is 1.47. The van der Waals surface area contributed by atoms with E-state index in [-0.39, 0.29) is 11.5 Å². The van der Waals surface area contributed by atoms with Crippen LogP contribution in [0.15, 0.2) is 36.4 Å². The first kappa shape index (κ1) is 13.4. The van der Waals surface area contributed by atoms with Gasteiger partial charge in [0.15, 0.2) is 17.3 Å². The van der Waals surface area contributed by atoms with Crippen molar-refractivity contribution in [3.63, 3.8) is 0 Å². The van der Waals surface area contributed by atoms with Crippen LogP contribution in [0, 0.1) is 6.92 Å². The predicted octanol–water partition coefficient (Wildman–Crippen LogP) is 3.67. The molecule has 0 aliphatic heterocycles. The van der Waals surface area contributed by atoms with Gasteiger partial charge in [0.1, 0.15) is 0 Å². The fourth-order valence-corrected chi connectivity index (χ4v) is 2.42. The Balaban J connectivity index is 2.14. The normalized spacial score (nSPS) is 10.8. The van der Waals surface area contributed by atoms with Crippen LogP contribution in [0.5, 0.6) is 11.5 Å². The molecule has 19 heavy (non-hydrogen) atoms. The summed E-state index contributed by atoms with van der Waals surface area (Å²) in [7, 11) is 1.49. The molecule has 2 aromatic rings. The number of phenols is 1. The van der Waals surface area contributed by atoms with Crippen LogP contribution in [-0.4, -0.2) is 18.0 Å². The first-order valence-corrected chi connectivity index (χ1v) is 6.57. The molecule has 0 saturated heterocycles. The first-order valence-electron chi connectivity index (χ1n) is 5.76. The summed E-state index contributed by atoms with van der Waals surface area (Å²) in [6, 6.07) is 8.74. The zero-order valence-electron chi connectivity index (χ0n) is 10.7. The predicted molar refractivity (Wildman–Crippen MR) is 77.1 cm³/mol. The number of allylic oxidation sites excluding steroid dienone is 1. The van der Waals surface area contributed by atoms with Crippen LogP contribution >= 0.6 is 11.3 Å². The highest BCUT2D eigenvalue weighted by atomic mass is 32.1. The minimum Gasteiger partial charge on any atom is -0.504 e. The lowest BCUT2D eigenvalue weighted by Crippen LogP contribution is -1.89. The second kappa shape index (κ2) is 5.71. The Morgan fingerprint density at radius 3 is 2.68 bits per heavy atom. The van der Waals surface area contributed by atoms with Gasteiger partial charge in [-0.2, -0.15) is 0 Å². The summed E-state index contributed by atoms with van der Waals surface area (Å²) in [4.78, 5) is 13.7. The standard InChI is InChI=1S/C15H14O3S/c1-10-3-8-15(19-10)12(16)6-4-11-5-7-14(18-2)13(17)9-11/h3-9,17H,1-2H3. The molecule has 3 nitrogen and oxygen atoms in total. The molecule has 1 heterocycles. The van der Waals surface area contributed by atoms with Crippen molar-refractivity contribution in [1.29, 1.82) is 0 Å². The number of thiophene rings is 1. The Morgan fingerprint density at radius 1 is 1.32 bits per heavy atom.